The number of fused-ring (bicyclic) bond motifs is 2. The van der Waals surface area contributed by atoms with Crippen molar-refractivity contribution in [1.29, 1.82) is 0 Å². The molecule has 2 aromatic heterocycles. The molecule has 0 atom stereocenters. The van der Waals surface area contributed by atoms with Gasteiger partial charge in [-0.3, -0.25) is 29.4 Å². The molecule has 0 aliphatic carbocycles. The second-order valence-corrected chi connectivity index (χ2v) is 12.0. The van der Waals surface area contributed by atoms with Crippen LogP contribution in [-0.4, -0.2) is 19.6 Å². The van der Waals surface area contributed by atoms with Gasteiger partial charge in [0.2, 0.25) is 0 Å². The van der Waals surface area contributed by atoms with Crippen molar-refractivity contribution < 1.29 is 0 Å². The number of benzene rings is 5. The van der Waals surface area contributed by atoms with Crippen LogP contribution in [0.25, 0.3) is 32.9 Å². The number of hydrogen-bond donors (Lipinski definition) is 2. The highest BCUT2D eigenvalue weighted by molar-refractivity contribution is 14.1. The first-order valence-electron chi connectivity index (χ1n) is 13.5. The summed E-state index contributed by atoms with van der Waals surface area (Å²) >= 11 is 3.83. The Kier molecular flexibility index (Phi) is 8.44. The van der Waals surface area contributed by atoms with Crippen molar-refractivity contribution >= 4 is 55.9 Å². The van der Waals surface area contributed by atoms with E-state index in [4.69, 9.17) is 0 Å². The molecule has 0 saturated carbocycles. The zero-order valence-electron chi connectivity index (χ0n) is 22.9. The van der Waals surface area contributed by atoms with E-state index in [0.717, 1.165) is 13.4 Å². The van der Waals surface area contributed by atoms with Crippen LogP contribution < -0.4 is 22.2 Å². The molecular weight excluding hydrogens is 687 g/mol. The van der Waals surface area contributed by atoms with Crippen LogP contribution in [-0.2, 0) is 0 Å². The number of H-pyrrole nitrogens is 2. The Morgan fingerprint density at radius 3 is 1.32 bits per heavy atom. The van der Waals surface area contributed by atoms with Crippen LogP contribution in [0.2, 0.25) is 0 Å². The molecule has 0 bridgehead atoms. The molecule has 44 heavy (non-hydrogen) atoms. The molecule has 7 rings (SSSR count). The topological polar surface area (TPSA) is 110 Å². The summed E-state index contributed by atoms with van der Waals surface area (Å²) in [6.45, 7) is 0. The number of halogens is 1. The van der Waals surface area contributed by atoms with Gasteiger partial charge in [-0.1, -0.05) is 54.2 Å². The molecule has 8 nitrogen and oxygen atoms in total. The minimum Gasteiger partial charge on any atom is -0.267 e. The van der Waals surface area contributed by atoms with Crippen LogP contribution in [0.15, 0.2) is 156 Å². The fraction of sp³-hybridized carbons (Fsp3) is 0. The number of nitrogens with zero attached hydrogens (tertiary/aromatic N) is 2. The van der Waals surface area contributed by atoms with Crippen molar-refractivity contribution in [3.8, 4) is 11.4 Å². The Hall–Kier alpha value is -4.94. The maximum atomic E-state index is 12.6. The van der Waals surface area contributed by atoms with Crippen LogP contribution in [0, 0.1) is 3.57 Å². The molecule has 10 heteroatoms. The van der Waals surface area contributed by atoms with Gasteiger partial charge in [0, 0.05) is 13.4 Å². The van der Waals surface area contributed by atoms with Gasteiger partial charge in [-0.2, -0.15) is 0 Å². The zero-order valence-corrected chi connectivity index (χ0v) is 25.9. The van der Waals surface area contributed by atoms with E-state index in [1.807, 2.05) is 66.7 Å². The number of rotatable bonds is 4. The van der Waals surface area contributed by atoms with Gasteiger partial charge in [0.15, 0.2) is 0 Å². The van der Waals surface area contributed by atoms with Crippen LogP contribution in [0.3, 0.4) is 0 Å². The second-order valence-electron chi connectivity index (χ2n) is 9.64. The smallest absolute Gasteiger partial charge is 0.267 e. The van der Waals surface area contributed by atoms with Crippen LogP contribution in [0.1, 0.15) is 0 Å². The van der Waals surface area contributed by atoms with Crippen molar-refractivity contribution in [2.75, 3.05) is 0 Å². The Labute approximate surface area is 267 Å². The summed E-state index contributed by atoms with van der Waals surface area (Å²) in [6, 6.07) is 38.6. The first-order valence-corrected chi connectivity index (χ1v) is 15.4. The van der Waals surface area contributed by atoms with Crippen LogP contribution in [0.4, 0.5) is 0 Å². The number of nitrogens with one attached hydrogen (secondary N) is 2. The van der Waals surface area contributed by atoms with Crippen molar-refractivity contribution in [2.45, 2.75) is 9.79 Å². The molecule has 0 aliphatic rings. The van der Waals surface area contributed by atoms with E-state index < -0.39 is 0 Å². The van der Waals surface area contributed by atoms with Gasteiger partial charge in [-0.05, 0) is 108 Å². The Morgan fingerprint density at radius 1 is 0.455 bits per heavy atom. The van der Waals surface area contributed by atoms with Gasteiger partial charge in [-0.25, -0.2) is 9.36 Å². The lowest BCUT2D eigenvalue weighted by Crippen LogP contribution is -2.28. The fourth-order valence-corrected chi connectivity index (χ4v) is 5.84. The maximum absolute atomic E-state index is 12.6. The van der Waals surface area contributed by atoms with E-state index in [2.05, 4.69) is 32.8 Å². The van der Waals surface area contributed by atoms with E-state index in [-0.39, 0.29) is 22.2 Å². The van der Waals surface area contributed by atoms with Gasteiger partial charge in [0.25, 0.3) is 22.2 Å². The lowest BCUT2D eigenvalue weighted by atomic mass is 10.2. The number of hydrogen-bond acceptors (Lipinski definition) is 5. The van der Waals surface area contributed by atoms with Crippen molar-refractivity contribution in [2.24, 2.45) is 0 Å². The molecule has 0 aliphatic heterocycles. The molecule has 0 spiro atoms. The zero-order chi connectivity index (χ0) is 30.6. The third-order valence-corrected chi connectivity index (χ3v) is 8.53. The molecule has 5 aromatic carbocycles. The van der Waals surface area contributed by atoms with Gasteiger partial charge < -0.3 is 0 Å². The molecule has 2 heterocycles. The highest BCUT2D eigenvalue weighted by atomic mass is 127. The fourth-order valence-electron chi connectivity index (χ4n) is 4.64. The quantitative estimate of drug-likeness (QED) is 0.214. The Morgan fingerprint density at radius 2 is 0.841 bits per heavy atom. The average Bonchev–Trinajstić information content (AvgIpc) is 3.06. The molecule has 216 valence electrons. The highest BCUT2D eigenvalue weighted by Gasteiger charge is 2.09. The molecule has 0 amide bonds. The Bertz CT molecular complexity index is 2340. The van der Waals surface area contributed by atoms with E-state index in [9.17, 15) is 19.2 Å². The Balaban J connectivity index is 0.000000162. The lowest BCUT2D eigenvalue weighted by Gasteiger charge is -2.08. The predicted octanol–water partition coefficient (Wildman–Crippen LogP) is 6.11. The molecule has 7 aromatic rings. The molecule has 0 radical (unpaired) electrons. The SMILES string of the molecule is O=c1[nH]n(-c2ccc(I)cc2)c(=O)c2ccccc12.O=c1[nH]n(-c2ccc(Sc3ccccc3)cc2)c(=O)c2ccccc12. The van der Waals surface area contributed by atoms with E-state index in [1.165, 1.54) is 9.36 Å². The maximum Gasteiger partial charge on any atom is 0.277 e. The third kappa shape index (κ3) is 6.08. The average molecular weight is 711 g/mol. The summed E-state index contributed by atoms with van der Waals surface area (Å²) in [4.78, 5) is 51.4. The monoisotopic (exact) mass is 710 g/mol. The minimum atomic E-state index is -0.280. The van der Waals surface area contributed by atoms with Gasteiger partial charge in [0.05, 0.1) is 32.9 Å². The second kappa shape index (κ2) is 12.7. The summed E-state index contributed by atoms with van der Waals surface area (Å²) in [7, 11) is 0. The van der Waals surface area contributed by atoms with Gasteiger partial charge >= 0.3 is 0 Å². The van der Waals surface area contributed by atoms with Crippen LogP contribution in [0.5, 0.6) is 0 Å². The minimum absolute atomic E-state index is 0.226. The van der Waals surface area contributed by atoms with Crippen molar-refractivity contribution in [3.63, 3.8) is 0 Å². The van der Waals surface area contributed by atoms with Gasteiger partial charge in [0.1, 0.15) is 0 Å². The van der Waals surface area contributed by atoms with Crippen molar-refractivity contribution in [3.05, 3.63) is 172 Å². The van der Waals surface area contributed by atoms with E-state index >= 15 is 0 Å². The van der Waals surface area contributed by atoms with E-state index in [1.54, 1.807) is 72.4 Å². The standard InChI is InChI=1S/C20H14N2O2S.C14H9IN2O2/c23-19-17-8-4-5-9-18(17)20(24)22(21-19)14-10-12-16(13-11-14)25-15-6-2-1-3-7-15;15-9-5-7-10(8-6-9)17-14(19)12-4-2-1-3-11(12)13(18)16-17/h1-13H,(H,21,23);1-8H,(H,16,18). The summed E-state index contributed by atoms with van der Waals surface area (Å²) in [5.74, 6) is 0. The first kappa shape index (κ1) is 29.1. The molecule has 0 fully saturated rings. The molecule has 0 saturated heterocycles. The summed E-state index contributed by atoms with van der Waals surface area (Å²) in [6.07, 6.45) is 0. The van der Waals surface area contributed by atoms with E-state index in [0.29, 0.717) is 32.9 Å². The predicted molar refractivity (Wildman–Crippen MR) is 184 cm³/mol. The lowest BCUT2D eigenvalue weighted by molar-refractivity contribution is 0.801. The van der Waals surface area contributed by atoms with Gasteiger partial charge in [-0.15, -0.1) is 0 Å². The van der Waals surface area contributed by atoms with Crippen molar-refractivity contribution in [1.82, 2.24) is 19.6 Å². The third-order valence-electron chi connectivity index (χ3n) is 6.80. The largest absolute Gasteiger partial charge is 0.277 e. The summed E-state index contributed by atoms with van der Waals surface area (Å²) < 4.78 is 3.64. The molecule has 0 unspecified atom stereocenters. The molecular formula is C34H23IN4O4S. The highest BCUT2D eigenvalue weighted by Crippen LogP contribution is 2.27. The normalized spacial score (nSPS) is 10.8. The number of aromatic amines is 2. The first-order chi connectivity index (χ1) is 21.4. The van der Waals surface area contributed by atoms with Crippen LogP contribution >= 0.6 is 34.4 Å². The summed E-state index contributed by atoms with van der Waals surface area (Å²) in [5, 5.41) is 6.89. The summed E-state index contributed by atoms with van der Waals surface area (Å²) in [5.41, 5.74) is 0.264. The molecule has 2 N–H and O–H groups in total. The number of aromatic nitrogens is 4.